The Morgan fingerprint density at radius 2 is 2.07 bits per heavy atom. The predicted octanol–water partition coefficient (Wildman–Crippen LogP) is 2.57. The quantitative estimate of drug-likeness (QED) is 0.791. The van der Waals surface area contributed by atoms with E-state index >= 15 is 0 Å². The van der Waals surface area contributed by atoms with Crippen LogP contribution in [0.15, 0.2) is 24.3 Å². The van der Waals surface area contributed by atoms with E-state index in [-0.39, 0.29) is 5.41 Å². The Kier molecular flexibility index (Phi) is 2.96. The van der Waals surface area contributed by atoms with E-state index in [9.17, 15) is 5.11 Å². The fourth-order valence-corrected chi connectivity index (χ4v) is 2.12. The smallest absolute Gasteiger partial charge is 0.0504 e. The number of nitrogens with one attached hydrogen (secondary N) is 1. The van der Waals surface area contributed by atoms with E-state index in [1.807, 2.05) is 12.1 Å². The lowest BCUT2D eigenvalue weighted by Crippen LogP contribution is -2.39. The van der Waals surface area contributed by atoms with Gasteiger partial charge in [0.1, 0.15) is 0 Å². The zero-order chi connectivity index (χ0) is 10.7. The second kappa shape index (κ2) is 4.23. The van der Waals surface area contributed by atoms with Gasteiger partial charge in [0, 0.05) is 17.6 Å². The lowest BCUT2D eigenvalue weighted by atomic mass is 9.69. The van der Waals surface area contributed by atoms with Crippen molar-refractivity contribution in [2.24, 2.45) is 5.41 Å². The Bertz CT molecular complexity index is 326. The van der Waals surface area contributed by atoms with Gasteiger partial charge in [-0.2, -0.15) is 0 Å². The average Bonchev–Trinajstić information content (AvgIpc) is 2.19. The minimum absolute atomic E-state index is 0.155. The van der Waals surface area contributed by atoms with Gasteiger partial charge in [-0.05, 0) is 31.4 Å². The maximum atomic E-state index is 9.34. The van der Waals surface area contributed by atoms with Crippen molar-refractivity contribution in [2.45, 2.75) is 26.2 Å². The SMILES string of the molecule is Cc1ccccc1NCC1(CO)CCC1. The van der Waals surface area contributed by atoms with E-state index in [1.54, 1.807) is 0 Å². The molecule has 82 valence electrons. The number of aliphatic hydroxyl groups is 1. The topological polar surface area (TPSA) is 32.3 Å². The van der Waals surface area contributed by atoms with Gasteiger partial charge in [-0.3, -0.25) is 0 Å². The summed E-state index contributed by atoms with van der Waals surface area (Å²) in [5.41, 5.74) is 2.62. The Hall–Kier alpha value is -1.02. The first-order valence-corrected chi connectivity index (χ1v) is 5.66. The Morgan fingerprint density at radius 3 is 2.60 bits per heavy atom. The zero-order valence-electron chi connectivity index (χ0n) is 9.29. The second-order valence-corrected chi connectivity index (χ2v) is 4.68. The number of benzene rings is 1. The summed E-state index contributed by atoms with van der Waals surface area (Å²) in [6.45, 7) is 3.31. The summed E-state index contributed by atoms with van der Waals surface area (Å²) in [7, 11) is 0. The fraction of sp³-hybridized carbons (Fsp3) is 0.538. The highest BCUT2D eigenvalue weighted by Crippen LogP contribution is 2.40. The van der Waals surface area contributed by atoms with E-state index in [2.05, 4.69) is 24.4 Å². The molecule has 2 heteroatoms. The van der Waals surface area contributed by atoms with Crippen LogP contribution in [0.3, 0.4) is 0 Å². The predicted molar refractivity (Wildman–Crippen MR) is 63.0 cm³/mol. The molecule has 0 amide bonds. The summed E-state index contributed by atoms with van der Waals surface area (Å²) in [4.78, 5) is 0. The van der Waals surface area contributed by atoms with E-state index < -0.39 is 0 Å². The molecular weight excluding hydrogens is 186 g/mol. The monoisotopic (exact) mass is 205 g/mol. The molecule has 1 aromatic rings. The van der Waals surface area contributed by atoms with E-state index in [1.165, 1.54) is 17.7 Å². The summed E-state index contributed by atoms with van der Waals surface area (Å²) in [5, 5.41) is 12.8. The molecule has 2 rings (SSSR count). The maximum Gasteiger partial charge on any atom is 0.0504 e. The number of aryl methyl sites for hydroxylation is 1. The number of hydrogen-bond acceptors (Lipinski definition) is 2. The first kappa shape index (κ1) is 10.5. The normalized spacial score (nSPS) is 18.3. The van der Waals surface area contributed by atoms with Crippen LogP contribution >= 0.6 is 0 Å². The molecular formula is C13H19NO. The number of rotatable bonds is 4. The Labute approximate surface area is 91.3 Å². The van der Waals surface area contributed by atoms with E-state index in [0.29, 0.717) is 6.61 Å². The van der Waals surface area contributed by atoms with Gasteiger partial charge < -0.3 is 10.4 Å². The average molecular weight is 205 g/mol. The van der Waals surface area contributed by atoms with Gasteiger partial charge in [0.15, 0.2) is 0 Å². The van der Waals surface area contributed by atoms with E-state index in [4.69, 9.17) is 0 Å². The van der Waals surface area contributed by atoms with Crippen LogP contribution in [0.2, 0.25) is 0 Å². The molecule has 0 atom stereocenters. The molecule has 0 aromatic heterocycles. The molecule has 2 nitrogen and oxygen atoms in total. The molecule has 0 bridgehead atoms. The summed E-state index contributed by atoms with van der Waals surface area (Å²) in [5.74, 6) is 0. The standard InChI is InChI=1S/C13H19NO/c1-11-5-2-3-6-12(11)14-9-13(10-15)7-4-8-13/h2-3,5-6,14-15H,4,7-10H2,1H3. The third-order valence-corrected chi connectivity index (χ3v) is 3.55. The molecule has 1 aliphatic carbocycles. The van der Waals surface area contributed by atoms with Gasteiger partial charge in [-0.15, -0.1) is 0 Å². The van der Waals surface area contributed by atoms with Gasteiger partial charge >= 0.3 is 0 Å². The maximum absolute atomic E-state index is 9.34. The highest BCUT2D eigenvalue weighted by atomic mass is 16.3. The minimum Gasteiger partial charge on any atom is -0.396 e. The Morgan fingerprint density at radius 1 is 1.33 bits per heavy atom. The zero-order valence-corrected chi connectivity index (χ0v) is 9.29. The van der Waals surface area contributed by atoms with Gasteiger partial charge in [-0.1, -0.05) is 24.6 Å². The van der Waals surface area contributed by atoms with Gasteiger partial charge in [0.2, 0.25) is 0 Å². The molecule has 1 aromatic carbocycles. The largest absolute Gasteiger partial charge is 0.396 e. The Balaban J connectivity index is 1.95. The molecule has 1 fully saturated rings. The molecule has 0 unspecified atom stereocenters. The number of aliphatic hydroxyl groups excluding tert-OH is 1. The summed E-state index contributed by atoms with van der Waals surface area (Å²) >= 11 is 0. The molecule has 0 radical (unpaired) electrons. The first-order valence-electron chi connectivity index (χ1n) is 5.66. The van der Waals surface area contributed by atoms with Crippen LogP contribution in [0, 0.1) is 12.3 Å². The van der Waals surface area contributed by atoms with Crippen LogP contribution in [0.1, 0.15) is 24.8 Å². The molecule has 1 saturated carbocycles. The molecule has 1 aliphatic rings. The third-order valence-electron chi connectivity index (χ3n) is 3.55. The van der Waals surface area contributed by atoms with Gasteiger partial charge in [-0.25, -0.2) is 0 Å². The molecule has 2 N–H and O–H groups in total. The number of hydrogen-bond donors (Lipinski definition) is 2. The van der Waals surface area contributed by atoms with Crippen LogP contribution in [-0.2, 0) is 0 Å². The molecule has 15 heavy (non-hydrogen) atoms. The van der Waals surface area contributed by atoms with Crippen molar-refractivity contribution in [3.8, 4) is 0 Å². The lowest BCUT2D eigenvalue weighted by Gasteiger charge is -2.40. The van der Waals surface area contributed by atoms with Crippen LogP contribution in [0.5, 0.6) is 0 Å². The third kappa shape index (κ3) is 2.15. The highest BCUT2D eigenvalue weighted by molar-refractivity contribution is 5.50. The summed E-state index contributed by atoms with van der Waals surface area (Å²) < 4.78 is 0. The molecule has 0 aliphatic heterocycles. The summed E-state index contributed by atoms with van der Waals surface area (Å²) in [6.07, 6.45) is 3.57. The van der Waals surface area contributed by atoms with Crippen molar-refractivity contribution < 1.29 is 5.11 Å². The molecule has 0 heterocycles. The minimum atomic E-state index is 0.155. The van der Waals surface area contributed by atoms with Gasteiger partial charge in [0.05, 0.1) is 6.61 Å². The van der Waals surface area contributed by atoms with Crippen LogP contribution < -0.4 is 5.32 Å². The molecule has 0 spiro atoms. The number of para-hydroxylation sites is 1. The van der Waals surface area contributed by atoms with Crippen LogP contribution in [0.4, 0.5) is 5.69 Å². The van der Waals surface area contributed by atoms with Crippen molar-refractivity contribution in [1.29, 1.82) is 0 Å². The van der Waals surface area contributed by atoms with Crippen molar-refractivity contribution in [3.05, 3.63) is 29.8 Å². The second-order valence-electron chi connectivity index (χ2n) is 4.68. The summed E-state index contributed by atoms with van der Waals surface area (Å²) in [6, 6.07) is 8.29. The van der Waals surface area contributed by atoms with Gasteiger partial charge in [0.25, 0.3) is 0 Å². The van der Waals surface area contributed by atoms with Crippen molar-refractivity contribution in [2.75, 3.05) is 18.5 Å². The highest BCUT2D eigenvalue weighted by Gasteiger charge is 2.35. The van der Waals surface area contributed by atoms with Crippen molar-refractivity contribution in [3.63, 3.8) is 0 Å². The first-order chi connectivity index (χ1) is 7.26. The van der Waals surface area contributed by atoms with Crippen molar-refractivity contribution in [1.82, 2.24) is 0 Å². The van der Waals surface area contributed by atoms with Crippen LogP contribution in [-0.4, -0.2) is 18.3 Å². The van der Waals surface area contributed by atoms with Crippen molar-refractivity contribution >= 4 is 5.69 Å². The van der Waals surface area contributed by atoms with Crippen LogP contribution in [0.25, 0.3) is 0 Å². The van der Waals surface area contributed by atoms with E-state index in [0.717, 1.165) is 19.4 Å². The lowest BCUT2D eigenvalue weighted by molar-refractivity contribution is 0.0576. The fourth-order valence-electron chi connectivity index (χ4n) is 2.12. The molecule has 0 saturated heterocycles. The number of anilines is 1.